The van der Waals surface area contributed by atoms with Crippen LogP contribution in [0.15, 0.2) is 28.8 Å². The third-order valence-electron chi connectivity index (χ3n) is 3.63. The molecule has 1 atom stereocenters. The summed E-state index contributed by atoms with van der Waals surface area (Å²) in [6, 6.07) is 7.71. The van der Waals surface area contributed by atoms with Crippen LogP contribution in [0.1, 0.15) is 18.4 Å². The highest BCUT2D eigenvalue weighted by atomic mass is 35.5. The van der Waals surface area contributed by atoms with Crippen LogP contribution in [0.5, 0.6) is 0 Å². The first-order chi connectivity index (χ1) is 11.1. The molecule has 2 aromatic heterocycles. The van der Waals surface area contributed by atoms with Gasteiger partial charge >= 0.3 is 0 Å². The SMILES string of the molecule is CNC(C)Cc1noc(-c2nnn(-c3ccccc3Cl)c2C)n1. The molecule has 1 unspecified atom stereocenters. The van der Waals surface area contributed by atoms with Crippen LogP contribution in [-0.2, 0) is 6.42 Å². The molecule has 0 spiro atoms. The van der Waals surface area contributed by atoms with Crippen molar-refractivity contribution in [1.82, 2.24) is 30.5 Å². The maximum absolute atomic E-state index is 6.22. The molecule has 3 rings (SSSR count). The zero-order valence-electron chi connectivity index (χ0n) is 13.1. The Morgan fingerprint density at radius 1 is 1.35 bits per heavy atom. The van der Waals surface area contributed by atoms with E-state index in [0.29, 0.717) is 28.9 Å². The highest BCUT2D eigenvalue weighted by Gasteiger charge is 2.19. The number of nitrogens with zero attached hydrogens (tertiary/aromatic N) is 5. The van der Waals surface area contributed by atoms with E-state index < -0.39 is 0 Å². The summed E-state index contributed by atoms with van der Waals surface area (Å²) in [7, 11) is 1.89. The number of rotatable bonds is 5. The maximum Gasteiger partial charge on any atom is 0.280 e. The Labute approximate surface area is 138 Å². The molecule has 0 radical (unpaired) electrons. The fourth-order valence-electron chi connectivity index (χ4n) is 2.19. The fraction of sp³-hybridized carbons (Fsp3) is 0.333. The van der Waals surface area contributed by atoms with E-state index in [1.54, 1.807) is 4.68 Å². The van der Waals surface area contributed by atoms with Crippen molar-refractivity contribution in [2.45, 2.75) is 26.3 Å². The first-order valence-corrected chi connectivity index (χ1v) is 7.65. The van der Waals surface area contributed by atoms with Gasteiger partial charge in [0.25, 0.3) is 5.89 Å². The van der Waals surface area contributed by atoms with Gasteiger partial charge in [-0.1, -0.05) is 34.1 Å². The van der Waals surface area contributed by atoms with E-state index in [9.17, 15) is 0 Å². The Kier molecular flexibility index (Phi) is 4.40. The smallest absolute Gasteiger partial charge is 0.280 e. The van der Waals surface area contributed by atoms with Gasteiger partial charge in [0.15, 0.2) is 11.5 Å². The number of hydrogen-bond donors (Lipinski definition) is 1. The van der Waals surface area contributed by atoms with Crippen LogP contribution in [0, 0.1) is 6.92 Å². The van der Waals surface area contributed by atoms with Crippen LogP contribution in [-0.4, -0.2) is 38.2 Å². The van der Waals surface area contributed by atoms with Gasteiger partial charge in [0.1, 0.15) is 0 Å². The lowest BCUT2D eigenvalue weighted by molar-refractivity contribution is 0.417. The largest absolute Gasteiger partial charge is 0.332 e. The minimum atomic E-state index is 0.264. The molecule has 23 heavy (non-hydrogen) atoms. The highest BCUT2D eigenvalue weighted by molar-refractivity contribution is 6.32. The van der Waals surface area contributed by atoms with Gasteiger partial charge in [-0.25, -0.2) is 4.68 Å². The van der Waals surface area contributed by atoms with E-state index in [1.807, 2.05) is 38.2 Å². The Bertz CT molecular complexity index is 812. The van der Waals surface area contributed by atoms with Gasteiger partial charge in [-0.2, -0.15) is 4.98 Å². The number of likely N-dealkylation sites (N-methyl/N-ethyl adjacent to an activating group) is 1. The summed E-state index contributed by atoms with van der Waals surface area (Å²) in [4.78, 5) is 4.39. The zero-order chi connectivity index (χ0) is 16.4. The fourth-order valence-corrected chi connectivity index (χ4v) is 2.40. The van der Waals surface area contributed by atoms with Crippen molar-refractivity contribution < 1.29 is 4.52 Å². The lowest BCUT2D eigenvalue weighted by atomic mass is 10.2. The van der Waals surface area contributed by atoms with Crippen LogP contribution in [0.4, 0.5) is 0 Å². The summed E-state index contributed by atoms with van der Waals surface area (Å²) in [6.45, 7) is 3.94. The van der Waals surface area contributed by atoms with Crippen LogP contribution < -0.4 is 5.32 Å². The molecular formula is C15H17ClN6O. The summed E-state index contributed by atoms with van der Waals surface area (Å²) in [5, 5.41) is 16.0. The molecular weight excluding hydrogens is 316 g/mol. The second kappa shape index (κ2) is 6.47. The van der Waals surface area contributed by atoms with E-state index >= 15 is 0 Å². The van der Waals surface area contributed by atoms with Gasteiger partial charge < -0.3 is 9.84 Å². The lowest BCUT2D eigenvalue weighted by Gasteiger charge is -2.05. The minimum Gasteiger partial charge on any atom is -0.332 e. The molecule has 0 aliphatic carbocycles. The third-order valence-corrected chi connectivity index (χ3v) is 3.95. The average Bonchev–Trinajstić information content (AvgIpc) is 3.14. The van der Waals surface area contributed by atoms with Crippen LogP contribution in [0.25, 0.3) is 17.3 Å². The number of halogens is 1. The Morgan fingerprint density at radius 3 is 2.87 bits per heavy atom. The molecule has 0 fully saturated rings. The molecule has 0 aliphatic heterocycles. The average molecular weight is 333 g/mol. The molecule has 2 heterocycles. The Hall–Kier alpha value is -2.25. The topological polar surface area (TPSA) is 81.7 Å². The zero-order valence-corrected chi connectivity index (χ0v) is 13.9. The number of aromatic nitrogens is 5. The van der Waals surface area contributed by atoms with E-state index in [1.165, 1.54) is 0 Å². The predicted octanol–water partition coefficient (Wildman–Crippen LogP) is 2.43. The number of nitrogens with one attached hydrogen (secondary N) is 1. The number of hydrogen-bond acceptors (Lipinski definition) is 6. The van der Waals surface area contributed by atoms with Crippen LogP contribution in [0.2, 0.25) is 5.02 Å². The first kappa shape index (κ1) is 15.6. The Balaban J connectivity index is 1.92. The number of benzene rings is 1. The predicted molar refractivity (Wildman–Crippen MR) is 86.6 cm³/mol. The summed E-state index contributed by atoms with van der Waals surface area (Å²) in [5.41, 5.74) is 2.10. The van der Waals surface area contributed by atoms with E-state index in [0.717, 1.165) is 11.4 Å². The van der Waals surface area contributed by atoms with Crippen molar-refractivity contribution >= 4 is 11.6 Å². The van der Waals surface area contributed by atoms with Crippen molar-refractivity contribution in [2.75, 3.05) is 7.05 Å². The maximum atomic E-state index is 6.22. The quantitative estimate of drug-likeness (QED) is 0.772. The molecule has 1 aromatic carbocycles. The second-order valence-corrected chi connectivity index (χ2v) is 5.70. The van der Waals surface area contributed by atoms with Crippen LogP contribution in [0.3, 0.4) is 0 Å². The summed E-state index contributed by atoms with van der Waals surface area (Å²) in [5.74, 6) is 0.993. The number of para-hydroxylation sites is 1. The van der Waals surface area contributed by atoms with Crippen molar-refractivity contribution in [2.24, 2.45) is 0 Å². The third kappa shape index (κ3) is 3.11. The van der Waals surface area contributed by atoms with Gasteiger partial charge in [0.2, 0.25) is 0 Å². The van der Waals surface area contributed by atoms with Crippen molar-refractivity contribution in [3.63, 3.8) is 0 Å². The standard InChI is InChI=1S/C15H17ClN6O/c1-9(17-3)8-13-18-15(23-20-13)14-10(2)22(21-19-14)12-7-5-4-6-11(12)16/h4-7,9,17H,8H2,1-3H3. The van der Waals surface area contributed by atoms with Gasteiger partial charge in [0, 0.05) is 12.5 Å². The minimum absolute atomic E-state index is 0.264. The van der Waals surface area contributed by atoms with Crippen molar-refractivity contribution in [3.05, 3.63) is 40.8 Å². The monoisotopic (exact) mass is 332 g/mol. The van der Waals surface area contributed by atoms with E-state index in [2.05, 4.69) is 32.7 Å². The molecule has 0 aliphatic rings. The molecule has 3 aromatic rings. The second-order valence-electron chi connectivity index (χ2n) is 5.30. The normalized spacial score (nSPS) is 12.5. The van der Waals surface area contributed by atoms with E-state index in [4.69, 9.17) is 16.1 Å². The molecule has 8 heteroatoms. The molecule has 7 nitrogen and oxygen atoms in total. The van der Waals surface area contributed by atoms with Crippen molar-refractivity contribution in [3.8, 4) is 17.3 Å². The molecule has 1 N–H and O–H groups in total. The molecule has 120 valence electrons. The van der Waals surface area contributed by atoms with Crippen LogP contribution >= 0.6 is 11.6 Å². The van der Waals surface area contributed by atoms with E-state index in [-0.39, 0.29) is 6.04 Å². The first-order valence-electron chi connectivity index (χ1n) is 7.27. The lowest BCUT2D eigenvalue weighted by Crippen LogP contribution is -2.24. The Morgan fingerprint density at radius 2 is 2.13 bits per heavy atom. The molecule has 0 saturated carbocycles. The molecule has 0 amide bonds. The summed E-state index contributed by atoms with van der Waals surface area (Å²) >= 11 is 6.22. The highest BCUT2D eigenvalue weighted by Crippen LogP contribution is 2.25. The van der Waals surface area contributed by atoms with Gasteiger partial charge in [-0.05, 0) is 33.0 Å². The van der Waals surface area contributed by atoms with Gasteiger partial charge in [-0.3, -0.25) is 0 Å². The van der Waals surface area contributed by atoms with Gasteiger partial charge in [0.05, 0.1) is 16.4 Å². The van der Waals surface area contributed by atoms with Gasteiger partial charge in [-0.15, -0.1) is 5.10 Å². The summed E-state index contributed by atoms with van der Waals surface area (Å²) in [6.07, 6.45) is 0.678. The molecule has 0 saturated heterocycles. The van der Waals surface area contributed by atoms with Crippen molar-refractivity contribution in [1.29, 1.82) is 0 Å². The molecule has 0 bridgehead atoms. The summed E-state index contributed by atoms with van der Waals surface area (Å²) < 4.78 is 6.98.